The summed E-state index contributed by atoms with van der Waals surface area (Å²) in [7, 11) is 0. The van der Waals surface area contributed by atoms with E-state index in [1.54, 1.807) is 0 Å². The zero-order valence-corrected chi connectivity index (χ0v) is 9.50. The van der Waals surface area contributed by atoms with Crippen molar-refractivity contribution in [3.05, 3.63) is 29.8 Å². The molecule has 1 aromatic rings. The Morgan fingerprint density at radius 1 is 1.40 bits per heavy atom. The summed E-state index contributed by atoms with van der Waals surface area (Å²) in [5.74, 6) is -0.00528. The van der Waals surface area contributed by atoms with Crippen LogP contribution in [0, 0.1) is 6.92 Å². The van der Waals surface area contributed by atoms with Gasteiger partial charge >= 0.3 is 0 Å². The van der Waals surface area contributed by atoms with Crippen molar-refractivity contribution in [2.45, 2.75) is 26.8 Å². The third-order valence-corrected chi connectivity index (χ3v) is 1.97. The molecule has 15 heavy (non-hydrogen) atoms. The minimum absolute atomic E-state index is 0.00528. The van der Waals surface area contributed by atoms with Crippen LogP contribution in [0.5, 0.6) is 0 Å². The highest BCUT2D eigenvalue weighted by Crippen LogP contribution is 2.08. The average Bonchev–Trinajstić information content (AvgIpc) is 2.15. The summed E-state index contributed by atoms with van der Waals surface area (Å²) in [6.07, 6.45) is 0. The minimum Gasteiger partial charge on any atom is -0.325 e. The van der Waals surface area contributed by atoms with Crippen LogP contribution in [-0.2, 0) is 4.79 Å². The largest absolute Gasteiger partial charge is 0.325 e. The smallest absolute Gasteiger partial charge is 0.238 e. The lowest BCUT2D eigenvalue weighted by molar-refractivity contribution is -0.115. The van der Waals surface area contributed by atoms with Gasteiger partial charge in [0.1, 0.15) is 0 Å². The fourth-order valence-electron chi connectivity index (χ4n) is 1.22. The molecule has 0 aliphatic heterocycles. The Labute approximate surface area is 90.9 Å². The Balaban J connectivity index is 2.44. The SMILES string of the molecule is Cc1cccc(NC(=O)CNC(C)C)c1. The molecule has 0 fully saturated rings. The highest BCUT2D eigenvalue weighted by Gasteiger charge is 2.02. The van der Waals surface area contributed by atoms with Crippen molar-refractivity contribution < 1.29 is 4.79 Å². The van der Waals surface area contributed by atoms with Gasteiger partial charge in [-0.2, -0.15) is 0 Å². The van der Waals surface area contributed by atoms with Crippen LogP contribution in [-0.4, -0.2) is 18.5 Å². The van der Waals surface area contributed by atoms with Crippen molar-refractivity contribution in [3.8, 4) is 0 Å². The van der Waals surface area contributed by atoms with E-state index in [1.165, 1.54) is 0 Å². The van der Waals surface area contributed by atoms with Gasteiger partial charge in [0.25, 0.3) is 0 Å². The minimum atomic E-state index is -0.00528. The number of anilines is 1. The second-order valence-corrected chi connectivity index (χ2v) is 3.95. The standard InChI is InChI=1S/C12H18N2O/c1-9(2)13-8-12(15)14-11-6-4-5-10(3)7-11/h4-7,9,13H,8H2,1-3H3,(H,14,15). The van der Waals surface area contributed by atoms with Crippen LogP contribution < -0.4 is 10.6 Å². The number of hydrogen-bond acceptors (Lipinski definition) is 2. The van der Waals surface area contributed by atoms with Crippen LogP contribution >= 0.6 is 0 Å². The van der Waals surface area contributed by atoms with Gasteiger partial charge in [-0.1, -0.05) is 26.0 Å². The number of carbonyl (C=O) groups excluding carboxylic acids is 1. The fraction of sp³-hybridized carbons (Fsp3) is 0.417. The van der Waals surface area contributed by atoms with Gasteiger partial charge in [-0.25, -0.2) is 0 Å². The van der Waals surface area contributed by atoms with Crippen LogP contribution in [0.1, 0.15) is 19.4 Å². The second-order valence-electron chi connectivity index (χ2n) is 3.95. The maximum Gasteiger partial charge on any atom is 0.238 e. The van der Waals surface area contributed by atoms with E-state index < -0.39 is 0 Å². The molecule has 3 heteroatoms. The van der Waals surface area contributed by atoms with Crippen LogP contribution in [0.25, 0.3) is 0 Å². The Morgan fingerprint density at radius 3 is 2.73 bits per heavy atom. The van der Waals surface area contributed by atoms with Crippen molar-refractivity contribution in [2.24, 2.45) is 0 Å². The number of hydrogen-bond donors (Lipinski definition) is 2. The van der Waals surface area contributed by atoms with Crippen LogP contribution in [0.2, 0.25) is 0 Å². The van der Waals surface area contributed by atoms with Crippen molar-refractivity contribution in [1.82, 2.24) is 5.32 Å². The molecule has 3 nitrogen and oxygen atoms in total. The van der Waals surface area contributed by atoms with Gasteiger partial charge in [-0.05, 0) is 24.6 Å². The van der Waals surface area contributed by atoms with E-state index in [1.807, 2.05) is 45.0 Å². The third kappa shape index (κ3) is 4.61. The first-order chi connectivity index (χ1) is 7.08. The molecule has 1 rings (SSSR count). The number of nitrogens with one attached hydrogen (secondary N) is 2. The van der Waals surface area contributed by atoms with E-state index in [0.29, 0.717) is 12.6 Å². The second kappa shape index (κ2) is 5.51. The highest BCUT2D eigenvalue weighted by atomic mass is 16.1. The van der Waals surface area contributed by atoms with Gasteiger partial charge in [-0.15, -0.1) is 0 Å². The average molecular weight is 206 g/mol. The molecule has 0 saturated carbocycles. The molecule has 0 heterocycles. The Hall–Kier alpha value is -1.35. The predicted octanol–water partition coefficient (Wildman–Crippen LogP) is 1.93. The quantitative estimate of drug-likeness (QED) is 0.790. The predicted molar refractivity (Wildman–Crippen MR) is 62.9 cm³/mol. The lowest BCUT2D eigenvalue weighted by Gasteiger charge is -2.09. The van der Waals surface area contributed by atoms with Gasteiger partial charge in [0.2, 0.25) is 5.91 Å². The van der Waals surface area contributed by atoms with Gasteiger partial charge in [0.15, 0.2) is 0 Å². The summed E-state index contributed by atoms with van der Waals surface area (Å²) >= 11 is 0. The van der Waals surface area contributed by atoms with Crippen molar-refractivity contribution >= 4 is 11.6 Å². The maximum atomic E-state index is 11.5. The van der Waals surface area contributed by atoms with E-state index in [2.05, 4.69) is 10.6 Å². The van der Waals surface area contributed by atoms with Gasteiger partial charge < -0.3 is 10.6 Å². The monoisotopic (exact) mass is 206 g/mol. The molecule has 0 saturated heterocycles. The molecule has 1 aromatic carbocycles. The zero-order chi connectivity index (χ0) is 11.3. The maximum absolute atomic E-state index is 11.5. The van der Waals surface area contributed by atoms with E-state index >= 15 is 0 Å². The number of rotatable bonds is 4. The summed E-state index contributed by atoms with van der Waals surface area (Å²) in [6, 6.07) is 8.10. The van der Waals surface area contributed by atoms with Gasteiger partial charge in [0.05, 0.1) is 6.54 Å². The van der Waals surface area contributed by atoms with E-state index in [9.17, 15) is 4.79 Å². The number of amides is 1. The summed E-state index contributed by atoms with van der Waals surface area (Å²) in [4.78, 5) is 11.5. The van der Waals surface area contributed by atoms with Crippen molar-refractivity contribution in [1.29, 1.82) is 0 Å². The third-order valence-electron chi connectivity index (χ3n) is 1.97. The first-order valence-electron chi connectivity index (χ1n) is 5.18. The topological polar surface area (TPSA) is 41.1 Å². The van der Waals surface area contributed by atoms with Crippen LogP contribution in [0.15, 0.2) is 24.3 Å². The van der Waals surface area contributed by atoms with Crippen molar-refractivity contribution in [2.75, 3.05) is 11.9 Å². The zero-order valence-electron chi connectivity index (χ0n) is 9.50. The molecule has 0 atom stereocenters. The Kier molecular flexibility index (Phi) is 4.31. The fourth-order valence-corrected chi connectivity index (χ4v) is 1.22. The summed E-state index contributed by atoms with van der Waals surface area (Å²) < 4.78 is 0. The summed E-state index contributed by atoms with van der Waals surface area (Å²) in [5, 5.41) is 5.90. The van der Waals surface area contributed by atoms with Crippen molar-refractivity contribution in [3.63, 3.8) is 0 Å². The number of benzene rings is 1. The molecule has 0 unspecified atom stereocenters. The first-order valence-corrected chi connectivity index (χ1v) is 5.18. The lowest BCUT2D eigenvalue weighted by atomic mass is 10.2. The molecule has 82 valence electrons. The molecule has 0 aromatic heterocycles. The molecular weight excluding hydrogens is 188 g/mol. The number of aryl methyl sites for hydroxylation is 1. The first kappa shape index (κ1) is 11.7. The lowest BCUT2D eigenvalue weighted by Crippen LogP contribution is -2.32. The normalized spacial score (nSPS) is 10.4. The van der Waals surface area contributed by atoms with E-state index in [-0.39, 0.29) is 5.91 Å². The number of carbonyl (C=O) groups is 1. The molecule has 0 aliphatic carbocycles. The molecule has 1 amide bonds. The van der Waals surface area contributed by atoms with Gasteiger partial charge in [0, 0.05) is 11.7 Å². The van der Waals surface area contributed by atoms with E-state index in [0.717, 1.165) is 11.3 Å². The molecular formula is C12H18N2O. The Bertz CT molecular complexity index is 334. The molecule has 0 bridgehead atoms. The highest BCUT2D eigenvalue weighted by molar-refractivity contribution is 5.92. The van der Waals surface area contributed by atoms with Gasteiger partial charge in [-0.3, -0.25) is 4.79 Å². The van der Waals surface area contributed by atoms with Crippen LogP contribution in [0.4, 0.5) is 5.69 Å². The molecule has 0 spiro atoms. The summed E-state index contributed by atoms with van der Waals surface area (Å²) in [5.41, 5.74) is 2.00. The van der Waals surface area contributed by atoms with Crippen LogP contribution in [0.3, 0.4) is 0 Å². The summed E-state index contributed by atoms with van der Waals surface area (Å²) in [6.45, 7) is 6.38. The molecule has 0 aliphatic rings. The molecule has 0 radical (unpaired) electrons. The van der Waals surface area contributed by atoms with E-state index in [4.69, 9.17) is 0 Å². The molecule has 2 N–H and O–H groups in total. The Morgan fingerprint density at radius 2 is 2.13 bits per heavy atom.